The highest BCUT2D eigenvalue weighted by Gasteiger charge is 2.22. The number of nitrogens with two attached hydrogens (primary N) is 2. The van der Waals surface area contributed by atoms with Gasteiger partial charge < -0.3 is 26.2 Å². The molecule has 4 N–H and O–H groups in total. The number of carbonyl (C=O) groups excluding carboxylic acids is 2. The smallest absolute Gasteiger partial charge is 0.223 e. The fourth-order valence-electron chi connectivity index (χ4n) is 3.71. The zero-order valence-corrected chi connectivity index (χ0v) is 15.8. The predicted molar refractivity (Wildman–Crippen MR) is 104 cm³/mol. The summed E-state index contributed by atoms with van der Waals surface area (Å²) in [6, 6.07) is 1.71. The molecule has 3 heterocycles. The monoisotopic (exact) mass is 375 g/mol. The summed E-state index contributed by atoms with van der Waals surface area (Å²) in [6.45, 7) is 4.37. The first kappa shape index (κ1) is 19.2. The predicted octanol–water partition coefficient (Wildman–Crippen LogP) is 0.472. The molecule has 0 radical (unpaired) electrons. The Kier molecular flexibility index (Phi) is 6.31. The van der Waals surface area contributed by atoms with Crippen LogP contribution in [0.5, 0.6) is 0 Å². The second-order valence-corrected chi connectivity index (χ2v) is 7.17. The SMILES string of the molecule is Nc1cc(N2CCCN(C(=O)CCCN3CCCCC3=O)CC2)nc(N)n1. The second kappa shape index (κ2) is 8.88. The van der Waals surface area contributed by atoms with Crippen molar-refractivity contribution in [3.63, 3.8) is 0 Å². The summed E-state index contributed by atoms with van der Waals surface area (Å²) < 4.78 is 0. The Bertz CT molecular complexity index is 661. The van der Waals surface area contributed by atoms with Crippen molar-refractivity contribution in [1.29, 1.82) is 0 Å². The minimum Gasteiger partial charge on any atom is -0.383 e. The van der Waals surface area contributed by atoms with E-state index in [0.717, 1.165) is 45.3 Å². The Hall–Kier alpha value is -2.58. The van der Waals surface area contributed by atoms with Gasteiger partial charge in [-0.15, -0.1) is 0 Å². The third kappa shape index (κ3) is 5.21. The van der Waals surface area contributed by atoms with Gasteiger partial charge in [-0.2, -0.15) is 9.97 Å². The molecule has 148 valence electrons. The molecule has 3 rings (SSSR count). The number of carbonyl (C=O) groups is 2. The number of likely N-dealkylation sites (tertiary alicyclic amines) is 1. The summed E-state index contributed by atoms with van der Waals surface area (Å²) in [6.07, 6.45) is 4.77. The third-order valence-corrected chi connectivity index (χ3v) is 5.16. The lowest BCUT2D eigenvalue weighted by molar-refractivity contribution is -0.135. The highest BCUT2D eigenvalue weighted by Crippen LogP contribution is 2.18. The van der Waals surface area contributed by atoms with E-state index in [1.807, 2.05) is 9.80 Å². The highest BCUT2D eigenvalue weighted by atomic mass is 16.2. The first-order valence-corrected chi connectivity index (χ1v) is 9.73. The van der Waals surface area contributed by atoms with Crippen LogP contribution in [0.2, 0.25) is 0 Å². The number of anilines is 3. The first-order chi connectivity index (χ1) is 13.0. The molecule has 0 aromatic carbocycles. The average Bonchev–Trinajstić information content (AvgIpc) is 2.89. The fourth-order valence-corrected chi connectivity index (χ4v) is 3.71. The van der Waals surface area contributed by atoms with Crippen LogP contribution in [0.25, 0.3) is 0 Å². The van der Waals surface area contributed by atoms with Crippen molar-refractivity contribution in [3.8, 4) is 0 Å². The van der Waals surface area contributed by atoms with Crippen LogP contribution in [0, 0.1) is 0 Å². The Balaban J connectivity index is 1.47. The quantitative estimate of drug-likeness (QED) is 0.767. The van der Waals surface area contributed by atoms with Crippen molar-refractivity contribution in [2.24, 2.45) is 0 Å². The summed E-state index contributed by atoms with van der Waals surface area (Å²) in [4.78, 5) is 38.4. The minimum atomic E-state index is 0.156. The van der Waals surface area contributed by atoms with Crippen LogP contribution in [0.1, 0.15) is 38.5 Å². The number of hydrogen-bond donors (Lipinski definition) is 2. The summed E-state index contributed by atoms with van der Waals surface area (Å²) in [5, 5.41) is 0. The molecule has 0 atom stereocenters. The van der Waals surface area contributed by atoms with E-state index < -0.39 is 0 Å². The van der Waals surface area contributed by atoms with Gasteiger partial charge in [-0.1, -0.05) is 0 Å². The van der Waals surface area contributed by atoms with Gasteiger partial charge >= 0.3 is 0 Å². The highest BCUT2D eigenvalue weighted by molar-refractivity contribution is 5.77. The van der Waals surface area contributed by atoms with Gasteiger partial charge in [0.1, 0.15) is 11.6 Å². The summed E-state index contributed by atoms with van der Waals surface area (Å²) in [5.74, 6) is 1.60. The molecule has 0 unspecified atom stereocenters. The Labute approximate surface area is 159 Å². The van der Waals surface area contributed by atoms with E-state index in [1.165, 1.54) is 0 Å². The normalized spacial score (nSPS) is 18.5. The van der Waals surface area contributed by atoms with Gasteiger partial charge in [0.25, 0.3) is 0 Å². The van der Waals surface area contributed by atoms with E-state index in [0.29, 0.717) is 44.1 Å². The van der Waals surface area contributed by atoms with Gasteiger partial charge in [-0.25, -0.2) is 0 Å². The van der Waals surface area contributed by atoms with Gasteiger partial charge in [0, 0.05) is 58.2 Å². The maximum absolute atomic E-state index is 12.6. The molecular weight excluding hydrogens is 346 g/mol. The Morgan fingerprint density at radius 2 is 1.89 bits per heavy atom. The summed E-state index contributed by atoms with van der Waals surface area (Å²) >= 11 is 0. The van der Waals surface area contributed by atoms with E-state index >= 15 is 0 Å². The lowest BCUT2D eigenvalue weighted by Gasteiger charge is -2.27. The number of aromatic nitrogens is 2. The van der Waals surface area contributed by atoms with Crippen LogP contribution in [0.4, 0.5) is 17.6 Å². The van der Waals surface area contributed by atoms with Crippen molar-refractivity contribution in [2.75, 3.05) is 55.6 Å². The average molecular weight is 375 g/mol. The van der Waals surface area contributed by atoms with Crippen LogP contribution < -0.4 is 16.4 Å². The topological polar surface area (TPSA) is 122 Å². The van der Waals surface area contributed by atoms with Crippen LogP contribution in [0.3, 0.4) is 0 Å². The van der Waals surface area contributed by atoms with Crippen molar-refractivity contribution >= 4 is 29.4 Å². The third-order valence-electron chi connectivity index (χ3n) is 5.16. The summed E-state index contributed by atoms with van der Waals surface area (Å²) in [5.41, 5.74) is 11.4. The van der Waals surface area contributed by atoms with Crippen LogP contribution in [-0.4, -0.2) is 70.9 Å². The zero-order chi connectivity index (χ0) is 19.2. The molecular formula is C18H29N7O2. The lowest BCUT2D eigenvalue weighted by atomic mass is 10.1. The van der Waals surface area contributed by atoms with Crippen LogP contribution >= 0.6 is 0 Å². The molecule has 27 heavy (non-hydrogen) atoms. The van der Waals surface area contributed by atoms with Gasteiger partial charge in [-0.3, -0.25) is 9.59 Å². The maximum atomic E-state index is 12.6. The molecule has 0 saturated carbocycles. The molecule has 9 heteroatoms. The molecule has 2 aliphatic rings. The number of rotatable bonds is 5. The zero-order valence-electron chi connectivity index (χ0n) is 15.8. The first-order valence-electron chi connectivity index (χ1n) is 9.73. The molecule has 0 spiro atoms. The number of piperidine rings is 1. The molecule has 1 aromatic rings. The standard InChI is InChI=1S/C18H29N7O2/c19-14-13-15(22-18(20)21-14)23-9-4-10-25(12-11-23)17(27)6-3-8-24-7-2-1-5-16(24)26/h13H,1-12H2,(H4,19,20,21,22). The number of hydrogen-bond acceptors (Lipinski definition) is 7. The van der Waals surface area contributed by atoms with Crippen molar-refractivity contribution in [2.45, 2.75) is 38.5 Å². The Morgan fingerprint density at radius 1 is 1.04 bits per heavy atom. The molecule has 0 aliphatic carbocycles. The van der Waals surface area contributed by atoms with Gasteiger partial charge in [0.2, 0.25) is 17.8 Å². The molecule has 2 saturated heterocycles. The van der Waals surface area contributed by atoms with E-state index in [4.69, 9.17) is 11.5 Å². The van der Waals surface area contributed by atoms with Crippen LogP contribution in [-0.2, 0) is 9.59 Å². The van der Waals surface area contributed by atoms with E-state index in [-0.39, 0.29) is 17.8 Å². The van der Waals surface area contributed by atoms with E-state index in [9.17, 15) is 9.59 Å². The van der Waals surface area contributed by atoms with Crippen molar-refractivity contribution in [3.05, 3.63) is 6.07 Å². The largest absolute Gasteiger partial charge is 0.383 e. The molecule has 1 aromatic heterocycles. The van der Waals surface area contributed by atoms with Gasteiger partial charge in [-0.05, 0) is 25.7 Å². The number of nitrogens with zero attached hydrogens (tertiary/aromatic N) is 5. The van der Waals surface area contributed by atoms with Crippen LogP contribution in [0.15, 0.2) is 6.07 Å². The molecule has 9 nitrogen and oxygen atoms in total. The van der Waals surface area contributed by atoms with Crippen molar-refractivity contribution in [1.82, 2.24) is 19.8 Å². The van der Waals surface area contributed by atoms with E-state index in [1.54, 1.807) is 6.07 Å². The molecule has 2 fully saturated rings. The van der Waals surface area contributed by atoms with Gasteiger partial charge in [0.05, 0.1) is 0 Å². The second-order valence-electron chi connectivity index (χ2n) is 7.17. The lowest BCUT2D eigenvalue weighted by Crippen LogP contribution is -2.38. The number of nitrogen functional groups attached to an aromatic ring is 2. The van der Waals surface area contributed by atoms with Gasteiger partial charge in [0.15, 0.2) is 0 Å². The molecule has 2 aliphatic heterocycles. The number of amides is 2. The maximum Gasteiger partial charge on any atom is 0.223 e. The molecule has 0 bridgehead atoms. The molecule has 2 amide bonds. The fraction of sp³-hybridized carbons (Fsp3) is 0.667. The van der Waals surface area contributed by atoms with E-state index in [2.05, 4.69) is 14.9 Å². The van der Waals surface area contributed by atoms with Crippen molar-refractivity contribution < 1.29 is 9.59 Å². The summed E-state index contributed by atoms with van der Waals surface area (Å²) in [7, 11) is 0. The Morgan fingerprint density at radius 3 is 2.67 bits per heavy atom. The minimum absolute atomic E-state index is 0.156.